The molecular formula is C78H56Si2. The normalized spacial score (nSPS) is 13.7. The fourth-order valence-electron chi connectivity index (χ4n) is 14.8. The van der Waals surface area contributed by atoms with Gasteiger partial charge in [0.15, 0.2) is 0 Å². The van der Waals surface area contributed by atoms with Gasteiger partial charge in [-0.05, 0) is 164 Å². The molecule has 0 amide bonds. The topological polar surface area (TPSA) is 0 Å². The Labute approximate surface area is 470 Å². The van der Waals surface area contributed by atoms with Crippen molar-refractivity contribution in [2.24, 2.45) is 0 Å². The van der Waals surface area contributed by atoms with Crippen molar-refractivity contribution in [2.45, 2.75) is 26.2 Å². The highest BCUT2D eigenvalue weighted by molar-refractivity contribution is 7.13. The van der Waals surface area contributed by atoms with Gasteiger partial charge in [-0.25, -0.2) is 0 Å². The Hall–Kier alpha value is -9.19. The molecule has 0 bridgehead atoms. The molecule has 2 heteroatoms. The fraction of sp³-hybridized carbons (Fsp3) is 0.0513. The molecule has 0 fully saturated rings. The Morgan fingerprint density at radius 3 is 0.675 bits per heavy atom. The van der Waals surface area contributed by atoms with Crippen LogP contribution in [0.1, 0.15) is 0 Å². The molecule has 80 heavy (non-hydrogen) atoms. The molecule has 2 aliphatic rings. The molecule has 0 N–H and O–H groups in total. The molecule has 0 saturated heterocycles. The molecule has 0 unspecified atom stereocenters. The first-order valence-electron chi connectivity index (χ1n) is 28.3. The van der Waals surface area contributed by atoms with E-state index in [2.05, 4.69) is 293 Å². The summed E-state index contributed by atoms with van der Waals surface area (Å²) in [6.07, 6.45) is 0. The minimum Gasteiger partial charge on any atom is -0.0622 e. The summed E-state index contributed by atoms with van der Waals surface area (Å²) in [6.45, 7) is 10.5. The summed E-state index contributed by atoms with van der Waals surface area (Å²) in [7, 11) is -4.50. The molecule has 0 aliphatic carbocycles. The van der Waals surface area contributed by atoms with Crippen molar-refractivity contribution < 1.29 is 0 Å². The quantitative estimate of drug-likeness (QED) is 0.115. The molecule has 0 radical (unpaired) electrons. The summed E-state index contributed by atoms with van der Waals surface area (Å²) < 4.78 is 0. The number of hydrogen-bond donors (Lipinski definition) is 0. The molecule has 0 aromatic heterocycles. The second kappa shape index (κ2) is 17.7. The molecule has 2 aliphatic heterocycles. The summed E-state index contributed by atoms with van der Waals surface area (Å²) in [6, 6.07) is 101. The van der Waals surface area contributed by atoms with Crippen molar-refractivity contribution >= 4 is 90.8 Å². The Morgan fingerprint density at radius 2 is 0.400 bits per heavy atom. The minimum absolute atomic E-state index is 1.24. The van der Waals surface area contributed by atoms with E-state index < -0.39 is 16.1 Å². The van der Waals surface area contributed by atoms with Crippen LogP contribution in [-0.4, -0.2) is 16.1 Å². The number of hydrogen-bond acceptors (Lipinski definition) is 0. The largest absolute Gasteiger partial charge is 0.113 e. The molecule has 16 rings (SSSR count). The first-order valence-corrected chi connectivity index (χ1v) is 34.3. The van der Waals surface area contributed by atoms with Gasteiger partial charge >= 0.3 is 0 Å². The van der Waals surface area contributed by atoms with E-state index in [0.717, 1.165) is 0 Å². The van der Waals surface area contributed by atoms with Crippen LogP contribution in [0.15, 0.2) is 267 Å². The van der Waals surface area contributed by atoms with Gasteiger partial charge in [-0.1, -0.05) is 293 Å². The monoisotopic (exact) mass is 1050 g/mol. The van der Waals surface area contributed by atoms with Gasteiger partial charge in [0.25, 0.3) is 0 Å². The smallest absolute Gasteiger partial charge is 0.0622 e. The summed E-state index contributed by atoms with van der Waals surface area (Å²) in [4.78, 5) is 0. The minimum atomic E-state index is -2.25. The maximum absolute atomic E-state index is 2.64. The first-order chi connectivity index (χ1) is 39.2. The molecule has 2 heterocycles. The van der Waals surface area contributed by atoms with Crippen LogP contribution in [0.4, 0.5) is 0 Å². The van der Waals surface area contributed by atoms with Crippen molar-refractivity contribution in [3.8, 4) is 89.0 Å². The molecule has 0 saturated carbocycles. The lowest BCUT2D eigenvalue weighted by Gasteiger charge is -2.29. The van der Waals surface area contributed by atoms with Crippen LogP contribution < -0.4 is 20.7 Å². The standard InChI is InChI=1S/C78H56Si2/c1-79(2)69-47-55(49-35-39-53(40-36-49)73-61-29-15-11-25-57(61)71(51-21-7-5-8-22-51)58-26-12-16-30-62(58)73)43-45-67(69)75-65-33-19-20-34-66(65)76-68-46-44-56(48-70(68)80(3,4)78(76)77(75)79)50-37-41-54(42-38-50)74-63-31-17-13-27-59(63)72(52-23-9-6-10-24-52)60-28-14-18-32-64(60)74/h5-48H,1-4H3. The van der Waals surface area contributed by atoms with Crippen molar-refractivity contribution in [3.05, 3.63) is 267 Å². The average Bonchev–Trinajstić information content (AvgIpc) is 3.70. The van der Waals surface area contributed by atoms with Gasteiger partial charge in [0, 0.05) is 0 Å². The highest BCUT2D eigenvalue weighted by atomic mass is 28.3. The molecule has 0 spiro atoms. The predicted molar refractivity (Wildman–Crippen MR) is 351 cm³/mol. The van der Waals surface area contributed by atoms with E-state index in [1.807, 2.05) is 0 Å². The van der Waals surface area contributed by atoms with E-state index in [0.29, 0.717) is 0 Å². The predicted octanol–water partition coefficient (Wildman–Crippen LogP) is 19.1. The van der Waals surface area contributed by atoms with Gasteiger partial charge < -0.3 is 0 Å². The van der Waals surface area contributed by atoms with Gasteiger partial charge in [0.05, 0.1) is 0 Å². The van der Waals surface area contributed by atoms with E-state index in [1.165, 1.54) is 143 Å². The summed E-state index contributed by atoms with van der Waals surface area (Å²) in [5.41, 5.74) is 21.1. The lowest BCUT2D eigenvalue weighted by Crippen LogP contribution is -2.63. The second-order valence-corrected chi connectivity index (χ2v) is 32.0. The van der Waals surface area contributed by atoms with Crippen LogP contribution >= 0.6 is 0 Å². The average molecular weight is 1050 g/mol. The lowest BCUT2D eigenvalue weighted by atomic mass is 9.85. The van der Waals surface area contributed by atoms with Crippen molar-refractivity contribution in [1.29, 1.82) is 0 Å². The third kappa shape index (κ3) is 6.79. The third-order valence-corrected chi connectivity index (χ3v) is 25.7. The SMILES string of the molecule is C[Si]1(C)c2cc(-c3ccc(-c4c5ccccc5c(-c5ccccc5)c5ccccc45)cc3)ccc2-c2c1c1c(c3ccccc23)-c2ccc(-c3ccc(-c4c5ccccc5c(-c5ccccc5)c5ccccc45)cc3)cc2[Si]1(C)C. The van der Waals surface area contributed by atoms with Gasteiger partial charge in [0.1, 0.15) is 16.1 Å². The second-order valence-electron chi connectivity index (χ2n) is 23.4. The van der Waals surface area contributed by atoms with Gasteiger partial charge in [-0.2, -0.15) is 0 Å². The van der Waals surface area contributed by atoms with E-state index in [4.69, 9.17) is 0 Å². The summed E-state index contributed by atoms with van der Waals surface area (Å²) in [5, 5.41) is 19.5. The number of benzene rings is 14. The van der Waals surface area contributed by atoms with E-state index in [9.17, 15) is 0 Å². The highest BCUT2D eigenvalue weighted by Gasteiger charge is 2.49. The van der Waals surface area contributed by atoms with E-state index in [-0.39, 0.29) is 0 Å². The van der Waals surface area contributed by atoms with Crippen LogP contribution in [0.25, 0.3) is 143 Å². The van der Waals surface area contributed by atoms with Crippen LogP contribution in [0.5, 0.6) is 0 Å². The van der Waals surface area contributed by atoms with Crippen molar-refractivity contribution in [3.63, 3.8) is 0 Å². The summed E-state index contributed by atoms with van der Waals surface area (Å²) in [5.74, 6) is 0. The van der Waals surface area contributed by atoms with Crippen molar-refractivity contribution in [1.82, 2.24) is 0 Å². The lowest BCUT2D eigenvalue weighted by molar-refractivity contribution is 1.62. The maximum atomic E-state index is 2.64. The third-order valence-electron chi connectivity index (χ3n) is 18.4. The Morgan fingerprint density at radius 1 is 0.188 bits per heavy atom. The van der Waals surface area contributed by atoms with Crippen LogP contribution in [-0.2, 0) is 0 Å². The molecule has 0 atom stereocenters. The molecular weight excluding hydrogens is 993 g/mol. The maximum Gasteiger partial charge on any atom is 0.113 e. The molecule has 14 aromatic carbocycles. The molecule has 0 nitrogen and oxygen atoms in total. The fourth-order valence-corrected chi connectivity index (χ4v) is 23.3. The zero-order chi connectivity index (χ0) is 53.4. The van der Waals surface area contributed by atoms with E-state index in [1.54, 1.807) is 20.7 Å². The van der Waals surface area contributed by atoms with Gasteiger partial charge in [0.2, 0.25) is 0 Å². The zero-order valence-electron chi connectivity index (χ0n) is 45.4. The van der Waals surface area contributed by atoms with Gasteiger partial charge in [-0.3, -0.25) is 0 Å². The van der Waals surface area contributed by atoms with Crippen LogP contribution in [0, 0.1) is 0 Å². The Bertz CT molecular complexity index is 4470. The van der Waals surface area contributed by atoms with Crippen LogP contribution in [0.3, 0.4) is 0 Å². The Balaban J connectivity index is 0.771. The highest BCUT2D eigenvalue weighted by Crippen LogP contribution is 2.48. The molecule has 14 aromatic rings. The van der Waals surface area contributed by atoms with Crippen molar-refractivity contribution in [2.75, 3.05) is 0 Å². The van der Waals surface area contributed by atoms with Crippen LogP contribution in [0.2, 0.25) is 26.2 Å². The first kappa shape index (κ1) is 46.9. The zero-order valence-corrected chi connectivity index (χ0v) is 47.4. The summed E-state index contributed by atoms with van der Waals surface area (Å²) >= 11 is 0. The van der Waals surface area contributed by atoms with E-state index >= 15 is 0 Å². The Kier molecular flexibility index (Phi) is 10.3. The molecule has 376 valence electrons. The number of rotatable bonds is 6. The van der Waals surface area contributed by atoms with Gasteiger partial charge in [-0.15, -0.1) is 0 Å². The number of fused-ring (bicyclic) bond motifs is 14.